The third kappa shape index (κ3) is 3.44. The van der Waals surface area contributed by atoms with Gasteiger partial charge in [-0.05, 0) is 6.42 Å². The number of likely N-dealkylation sites (tertiary alicyclic amines) is 1. The zero-order chi connectivity index (χ0) is 12.1. The van der Waals surface area contributed by atoms with Crippen LogP contribution in [0.2, 0.25) is 0 Å². The average molecular weight is 240 g/mol. The third-order valence-electron chi connectivity index (χ3n) is 3.38. The summed E-state index contributed by atoms with van der Waals surface area (Å²) in [5, 5.41) is 0. The van der Waals surface area contributed by atoms with Crippen LogP contribution >= 0.6 is 0 Å². The maximum Gasteiger partial charge on any atom is 0.331 e. The molecule has 2 fully saturated rings. The number of ether oxygens (including phenoxy) is 2. The van der Waals surface area contributed by atoms with Crippen LogP contribution in [0.15, 0.2) is 12.3 Å². The van der Waals surface area contributed by atoms with Crippen LogP contribution in [0.4, 0.5) is 0 Å². The van der Waals surface area contributed by atoms with E-state index in [2.05, 4.69) is 14.5 Å². The van der Waals surface area contributed by atoms with E-state index >= 15 is 0 Å². The molecule has 0 aliphatic carbocycles. The molecule has 0 aromatic heterocycles. The lowest BCUT2D eigenvalue weighted by molar-refractivity contribution is -0.134. The Morgan fingerprint density at radius 3 is 2.82 bits per heavy atom. The number of nitrogens with zero attached hydrogens (tertiary/aromatic N) is 2. The van der Waals surface area contributed by atoms with Gasteiger partial charge in [-0.25, -0.2) is 4.79 Å². The number of methoxy groups -OCH3 is 1. The lowest BCUT2D eigenvalue weighted by Gasteiger charge is -2.31. The van der Waals surface area contributed by atoms with Crippen LogP contribution in [0.3, 0.4) is 0 Å². The molecule has 5 nitrogen and oxygen atoms in total. The molecule has 0 bridgehead atoms. The van der Waals surface area contributed by atoms with E-state index in [1.807, 2.05) is 6.20 Å². The number of rotatable bonds is 3. The standard InChI is InChI=1S/C12H20N2O3/c1-16-12(15)3-5-13-4-2-11(10-13)14-6-8-17-9-7-14/h3,5,11H,2,4,6-10H2,1H3. The highest BCUT2D eigenvalue weighted by Crippen LogP contribution is 2.16. The Morgan fingerprint density at radius 1 is 1.35 bits per heavy atom. The van der Waals surface area contributed by atoms with E-state index in [0.29, 0.717) is 6.04 Å². The summed E-state index contributed by atoms with van der Waals surface area (Å²) in [6, 6.07) is 0.598. The fraction of sp³-hybridized carbons (Fsp3) is 0.750. The second-order valence-corrected chi connectivity index (χ2v) is 4.42. The van der Waals surface area contributed by atoms with Gasteiger partial charge in [0, 0.05) is 44.5 Å². The molecule has 1 unspecified atom stereocenters. The molecule has 2 saturated heterocycles. The van der Waals surface area contributed by atoms with Crippen LogP contribution in [0.1, 0.15) is 6.42 Å². The lowest BCUT2D eigenvalue weighted by atomic mass is 10.2. The Morgan fingerprint density at radius 2 is 2.12 bits per heavy atom. The van der Waals surface area contributed by atoms with Crippen LogP contribution in [0.25, 0.3) is 0 Å². The molecule has 0 radical (unpaired) electrons. The molecule has 2 aliphatic rings. The normalized spacial score (nSPS) is 26.6. The van der Waals surface area contributed by atoms with Crippen LogP contribution in [0.5, 0.6) is 0 Å². The van der Waals surface area contributed by atoms with Crippen molar-refractivity contribution >= 4 is 5.97 Å². The maximum absolute atomic E-state index is 11.0. The largest absolute Gasteiger partial charge is 0.466 e. The smallest absolute Gasteiger partial charge is 0.331 e. The Hall–Kier alpha value is -1.07. The Labute approximate surface area is 102 Å². The van der Waals surface area contributed by atoms with Gasteiger partial charge >= 0.3 is 5.97 Å². The highest BCUT2D eigenvalue weighted by Gasteiger charge is 2.27. The second kappa shape index (κ2) is 6.02. The van der Waals surface area contributed by atoms with Gasteiger partial charge in [0.1, 0.15) is 0 Å². The molecule has 2 rings (SSSR count). The summed E-state index contributed by atoms with van der Waals surface area (Å²) in [6.45, 7) is 5.74. The van der Waals surface area contributed by atoms with Gasteiger partial charge in [0.2, 0.25) is 0 Å². The quantitative estimate of drug-likeness (QED) is 0.516. The first-order valence-electron chi connectivity index (χ1n) is 6.11. The minimum atomic E-state index is -0.292. The zero-order valence-electron chi connectivity index (χ0n) is 10.3. The number of hydrogen-bond acceptors (Lipinski definition) is 5. The van der Waals surface area contributed by atoms with Crippen LogP contribution in [-0.2, 0) is 14.3 Å². The van der Waals surface area contributed by atoms with Crippen molar-refractivity contribution in [2.45, 2.75) is 12.5 Å². The Balaban J connectivity index is 1.78. The Bertz CT molecular complexity index is 287. The summed E-state index contributed by atoms with van der Waals surface area (Å²) in [6.07, 6.45) is 4.49. The van der Waals surface area contributed by atoms with Gasteiger partial charge < -0.3 is 14.4 Å². The number of carbonyl (C=O) groups excluding carboxylic acids is 1. The molecular formula is C12H20N2O3. The van der Waals surface area contributed by atoms with E-state index in [0.717, 1.165) is 45.8 Å². The minimum Gasteiger partial charge on any atom is -0.466 e. The molecule has 17 heavy (non-hydrogen) atoms. The fourth-order valence-corrected chi connectivity index (χ4v) is 2.38. The topological polar surface area (TPSA) is 42.0 Å². The molecule has 2 heterocycles. The molecular weight excluding hydrogens is 220 g/mol. The molecule has 1 atom stereocenters. The van der Waals surface area contributed by atoms with Gasteiger partial charge in [-0.1, -0.05) is 0 Å². The van der Waals surface area contributed by atoms with E-state index in [4.69, 9.17) is 4.74 Å². The Kier molecular flexibility index (Phi) is 4.39. The van der Waals surface area contributed by atoms with Gasteiger partial charge in [-0.2, -0.15) is 0 Å². The number of esters is 1. The second-order valence-electron chi connectivity index (χ2n) is 4.42. The van der Waals surface area contributed by atoms with Crippen molar-refractivity contribution < 1.29 is 14.3 Å². The van der Waals surface area contributed by atoms with Crippen molar-refractivity contribution in [1.29, 1.82) is 0 Å². The first-order chi connectivity index (χ1) is 8.29. The van der Waals surface area contributed by atoms with E-state index < -0.39 is 0 Å². The lowest BCUT2D eigenvalue weighted by Crippen LogP contribution is -2.44. The number of carbonyl (C=O) groups is 1. The molecule has 0 amide bonds. The molecule has 0 N–H and O–H groups in total. The monoisotopic (exact) mass is 240 g/mol. The van der Waals surface area contributed by atoms with Gasteiger partial charge in [0.25, 0.3) is 0 Å². The van der Waals surface area contributed by atoms with Crippen molar-refractivity contribution in [3.05, 3.63) is 12.3 Å². The SMILES string of the molecule is COC(=O)C=CN1CCC(N2CCOCC2)C1. The van der Waals surface area contributed by atoms with E-state index in [1.165, 1.54) is 13.2 Å². The summed E-state index contributed by atoms with van der Waals surface area (Å²) in [4.78, 5) is 15.6. The van der Waals surface area contributed by atoms with Gasteiger partial charge in [0.15, 0.2) is 0 Å². The summed E-state index contributed by atoms with van der Waals surface area (Å²) in [7, 11) is 1.40. The summed E-state index contributed by atoms with van der Waals surface area (Å²) in [5.41, 5.74) is 0. The third-order valence-corrected chi connectivity index (χ3v) is 3.38. The molecule has 2 aliphatic heterocycles. The highest BCUT2D eigenvalue weighted by molar-refractivity contribution is 5.81. The molecule has 0 aromatic rings. The predicted molar refractivity (Wildman–Crippen MR) is 63.5 cm³/mol. The molecule has 0 aromatic carbocycles. The molecule has 0 saturated carbocycles. The van der Waals surface area contributed by atoms with E-state index in [-0.39, 0.29) is 5.97 Å². The van der Waals surface area contributed by atoms with E-state index in [1.54, 1.807) is 0 Å². The summed E-state index contributed by atoms with van der Waals surface area (Å²) in [5.74, 6) is -0.292. The minimum absolute atomic E-state index is 0.292. The predicted octanol–water partition coefficient (Wildman–Crippen LogP) is 0.0796. The summed E-state index contributed by atoms with van der Waals surface area (Å²) < 4.78 is 9.92. The first kappa shape index (κ1) is 12.4. The van der Waals surface area contributed by atoms with E-state index in [9.17, 15) is 4.79 Å². The average Bonchev–Trinajstić information content (AvgIpc) is 2.86. The van der Waals surface area contributed by atoms with Crippen molar-refractivity contribution in [3.63, 3.8) is 0 Å². The highest BCUT2D eigenvalue weighted by atomic mass is 16.5. The van der Waals surface area contributed by atoms with Crippen molar-refractivity contribution in [2.75, 3.05) is 46.5 Å². The molecule has 0 spiro atoms. The van der Waals surface area contributed by atoms with Gasteiger partial charge in [-0.3, -0.25) is 4.90 Å². The number of morpholine rings is 1. The number of hydrogen-bond donors (Lipinski definition) is 0. The molecule has 96 valence electrons. The van der Waals surface area contributed by atoms with Gasteiger partial charge in [-0.15, -0.1) is 0 Å². The fourth-order valence-electron chi connectivity index (χ4n) is 2.38. The van der Waals surface area contributed by atoms with Crippen molar-refractivity contribution in [3.8, 4) is 0 Å². The van der Waals surface area contributed by atoms with Crippen LogP contribution in [0, 0.1) is 0 Å². The maximum atomic E-state index is 11.0. The van der Waals surface area contributed by atoms with Crippen molar-refractivity contribution in [1.82, 2.24) is 9.80 Å². The van der Waals surface area contributed by atoms with Crippen LogP contribution in [-0.4, -0.2) is 68.3 Å². The van der Waals surface area contributed by atoms with Gasteiger partial charge in [0.05, 0.1) is 20.3 Å². The summed E-state index contributed by atoms with van der Waals surface area (Å²) >= 11 is 0. The zero-order valence-corrected chi connectivity index (χ0v) is 10.3. The van der Waals surface area contributed by atoms with Crippen LogP contribution < -0.4 is 0 Å². The molecule has 5 heteroatoms. The van der Waals surface area contributed by atoms with Crippen molar-refractivity contribution in [2.24, 2.45) is 0 Å². The first-order valence-corrected chi connectivity index (χ1v) is 6.11.